The lowest BCUT2D eigenvalue weighted by Crippen LogP contribution is -2.41. The fourth-order valence-electron chi connectivity index (χ4n) is 2.04. The highest BCUT2D eigenvalue weighted by Crippen LogP contribution is 2.36. The van der Waals surface area contributed by atoms with E-state index in [2.05, 4.69) is 44.9 Å². The van der Waals surface area contributed by atoms with E-state index in [4.69, 9.17) is 14.9 Å². The van der Waals surface area contributed by atoms with Gasteiger partial charge in [-0.15, -0.1) is 0 Å². The van der Waals surface area contributed by atoms with E-state index in [1.165, 1.54) is 0 Å². The van der Waals surface area contributed by atoms with Gasteiger partial charge in [-0.1, -0.05) is 26.8 Å². The van der Waals surface area contributed by atoms with Gasteiger partial charge in [0.05, 0.1) is 12.1 Å². The molecule has 135 valence electrons. The van der Waals surface area contributed by atoms with Gasteiger partial charge in [0, 0.05) is 30.5 Å². The summed E-state index contributed by atoms with van der Waals surface area (Å²) in [6.45, 7) is 12.4. The maximum atomic E-state index is 11.2. The summed E-state index contributed by atoms with van der Waals surface area (Å²) in [4.78, 5) is 15.5. The first-order valence-electron chi connectivity index (χ1n) is 8.49. The van der Waals surface area contributed by atoms with E-state index in [-0.39, 0.29) is 10.7 Å². The molecule has 1 radical (unpaired) electrons. The number of nitrogens with two attached hydrogens (primary N) is 1. The minimum atomic E-state index is -1.70. The molecular weight excluding hydrogens is 332 g/mol. The molecule has 0 fully saturated rings. The third-order valence-corrected chi connectivity index (χ3v) is 9.20. The van der Waals surface area contributed by atoms with E-state index in [0.29, 0.717) is 24.5 Å². The Balaban J connectivity index is 1.90. The highest BCUT2D eigenvalue weighted by Gasteiger charge is 2.36. The van der Waals surface area contributed by atoms with Crippen LogP contribution in [-0.2, 0) is 4.43 Å². The molecule has 1 aromatic carbocycles. The molecule has 5 nitrogen and oxygen atoms in total. The van der Waals surface area contributed by atoms with Crippen LogP contribution < -0.4 is 10.5 Å². The molecule has 0 spiro atoms. The van der Waals surface area contributed by atoms with Crippen LogP contribution >= 0.6 is 0 Å². The Labute approximate surface area is 150 Å². The molecule has 2 rings (SSSR count). The molecule has 6 heteroatoms. The minimum Gasteiger partial charge on any atom is -0.493 e. The lowest BCUT2D eigenvalue weighted by molar-refractivity contribution is 0.0996. The smallest absolute Gasteiger partial charge is 0.267 e. The molecule has 0 aliphatic heterocycles. The standard InChI is InChI=1S/C19H27N2O3Si/c1-19(2,3)25(4,5)24-12-6-11-23-15-9-7-14-8-10-16(18(20)22)21-17(14)13-15/h7-8,10,13H,6,11-12H2,1-5H3,(H2,20,22). The fourth-order valence-corrected chi connectivity index (χ4v) is 3.13. The molecule has 1 heterocycles. The Kier molecular flexibility index (Phi) is 5.85. The highest BCUT2D eigenvalue weighted by atomic mass is 28.4. The molecule has 25 heavy (non-hydrogen) atoms. The van der Waals surface area contributed by atoms with Gasteiger partial charge >= 0.3 is 0 Å². The Hall–Kier alpha value is -1.92. The zero-order valence-electron chi connectivity index (χ0n) is 15.7. The summed E-state index contributed by atoms with van der Waals surface area (Å²) in [7, 11) is -1.70. The summed E-state index contributed by atoms with van der Waals surface area (Å²) in [5, 5.41) is 1.10. The van der Waals surface area contributed by atoms with Crippen molar-refractivity contribution in [2.24, 2.45) is 5.73 Å². The van der Waals surface area contributed by atoms with E-state index < -0.39 is 14.2 Å². The van der Waals surface area contributed by atoms with Gasteiger partial charge in [0.2, 0.25) is 0 Å². The van der Waals surface area contributed by atoms with Crippen molar-refractivity contribution in [3.8, 4) is 5.75 Å². The van der Waals surface area contributed by atoms with Crippen LogP contribution in [0.3, 0.4) is 0 Å². The monoisotopic (exact) mass is 359 g/mol. The van der Waals surface area contributed by atoms with Crippen LogP contribution in [0.1, 0.15) is 37.7 Å². The van der Waals surface area contributed by atoms with Crippen molar-refractivity contribution < 1.29 is 14.0 Å². The third-order valence-electron chi connectivity index (χ3n) is 4.66. The predicted octanol–water partition coefficient (Wildman–Crippen LogP) is 3.92. The number of nitrogens with zero attached hydrogens (tertiary/aromatic N) is 1. The number of primary amides is 1. The number of carbonyl (C=O) groups excluding carboxylic acids is 1. The normalized spacial score (nSPS) is 12.4. The molecule has 1 amide bonds. The van der Waals surface area contributed by atoms with Crippen LogP contribution in [0.4, 0.5) is 0 Å². The zero-order chi connectivity index (χ0) is 18.7. The molecule has 0 unspecified atom stereocenters. The Morgan fingerprint density at radius 1 is 1.28 bits per heavy atom. The molecular formula is C19H27N2O3Si. The predicted molar refractivity (Wildman–Crippen MR) is 102 cm³/mol. The summed E-state index contributed by atoms with van der Waals surface area (Å²) in [5.74, 6) is 0.0638. The second kappa shape index (κ2) is 7.54. The number of benzene rings is 1. The number of ether oxygens (including phenoxy) is 1. The van der Waals surface area contributed by atoms with Gasteiger partial charge in [-0.2, -0.15) is 0 Å². The van der Waals surface area contributed by atoms with Gasteiger partial charge in [0.1, 0.15) is 11.4 Å². The van der Waals surface area contributed by atoms with Gasteiger partial charge in [-0.25, -0.2) is 4.98 Å². The third kappa shape index (κ3) is 5.03. The van der Waals surface area contributed by atoms with E-state index in [9.17, 15) is 4.79 Å². The number of amides is 1. The summed E-state index contributed by atoms with van der Waals surface area (Å²) >= 11 is 0. The van der Waals surface area contributed by atoms with Gasteiger partial charge in [0.25, 0.3) is 5.91 Å². The van der Waals surface area contributed by atoms with Crippen molar-refractivity contribution >= 4 is 25.1 Å². The number of rotatable bonds is 7. The van der Waals surface area contributed by atoms with Gasteiger partial charge in [-0.3, -0.25) is 4.79 Å². The molecule has 0 aliphatic rings. The molecule has 2 aromatic rings. The van der Waals surface area contributed by atoms with Gasteiger partial charge in [-0.05, 0) is 30.3 Å². The van der Waals surface area contributed by atoms with Crippen molar-refractivity contribution in [2.75, 3.05) is 13.2 Å². The Morgan fingerprint density at radius 3 is 2.64 bits per heavy atom. The average Bonchev–Trinajstić information content (AvgIpc) is 2.52. The van der Waals surface area contributed by atoms with Crippen LogP contribution in [0.25, 0.3) is 10.9 Å². The Bertz CT molecular complexity index is 754. The van der Waals surface area contributed by atoms with Crippen molar-refractivity contribution in [3.63, 3.8) is 0 Å². The van der Waals surface area contributed by atoms with Crippen LogP contribution in [0, 0.1) is 6.07 Å². The molecule has 0 aliphatic carbocycles. The first-order chi connectivity index (χ1) is 11.6. The average molecular weight is 360 g/mol. The van der Waals surface area contributed by atoms with Crippen LogP contribution in [-0.4, -0.2) is 32.4 Å². The largest absolute Gasteiger partial charge is 0.493 e. The second-order valence-electron chi connectivity index (χ2n) is 7.64. The van der Waals surface area contributed by atoms with E-state index in [1.54, 1.807) is 24.3 Å². The molecule has 0 saturated heterocycles. The molecule has 1 aromatic heterocycles. The molecule has 0 bridgehead atoms. The van der Waals surface area contributed by atoms with Crippen molar-refractivity contribution in [2.45, 2.75) is 45.3 Å². The number of fused-ring (bicyclic) bond motifs is 1. The number of hydrogen-bond acceptors (Lipinski definition) is 4. The number of hydrogen-bond donors (Lipinski definition) is 1. The number of aromatic nitrogens is 1. The fraction of sp³-hybridized carbons (Fsp3) is 0.474. The van der Waals surface area contributed by atoms with Crippen molar-refractivity contribution in [1.82, 2.24) is 4.98 Å². The van der Waals surface area contributed by atoms with E-state index >= 15 is 0 Å². The molecule has 2 N–H and O–H groups in total. The number of carbonyl (C=O) groups is 1. The topological polar surface area (TPSA) is 74.4 Å². The van der Waals surface area contributed by atoms with Gasteiger partial charge < -0.3 is 14.9 Å². The Morgan fingerprint density at radius 2 is 2.00 bits per heavy atom. The summed E-state index contributed by atoms with van der Waals surface area (Å²) in [5.41, 5.74) is 6.18. The maximum Gasteiger partial charge on any atom is 0.267 e. The van der Waals surface area contributed by atoms with Crippen LogP contribution in [0.5, 0.6) is 5.75 Å². The molecule has 0 saturated carbocycles. The van der Waals surface area contributed by atoms with Crippen LogP contribution in [0.2, 0.25) is 18.1 Å². The van der Waals surface area contributed by atoms with Gasteiger partial charge in [0.15, 0.2) is 8.32 Å². The maximum absolute atomic E-state index is 11.2. The quantitative estimate of drug-likeness (QED) is 0.600. The van der Waals surface area contributed by atoms with Crippen molar-refractivity contribution in [3.05, 3.63) is 36.0 Å². The zero-order valence-corrected chi connectivity index (χ0v) is 16.7. The lowest BCUT2D eigenvalue weighted by Gasteiger charge is -2.36. The van der Waals surface area contributed by atoms with E-state index in [1.807, 2.05) is 0 Å². The minimum absolute atomic E-state index is 0.212. The SMILES string of the molecule is CC(C)(C)[Si](C)(C)OCCCOc1[c]cc2ccc(C(N)=O)nc2c1. The van der Waals surface area contributed by atoms with E-state index in [0.717, 1.165) is 11.8 Å². The van der Waals surface area contributed by atoms with Crippen LogP contribution in [0.15, 0.2) is 24.3 Å². The lowest BCUT2D eigenvalue weighted by atomic mass is 10.2. The highest BCUT2D eigenvalue weighted by molar-refractivity contribution is 6.74. The summed E-state index contributed by atoms with van der Waals surface area (Å²) in [6.07, 6.45) is 0.813. The van der Waals surface area contributed by atoms with Crippen molar-refractivity contribution in [1.29, 1.82) is 0 Å². The summed E-state index contributed by atoms with van der Waals surface area (Å²) in [6, 6.07) is 10.1. The summed E-state index contributed by atoms with van der Waals surface area (Å²) < 4.78 is 11.9. The number of pyridine rings is 1. The first-order valence-corrected chi connectivity index (χ1v) is 11.4. The first kappa shape index (κ1) is 19.4. The molecule has 0 atom stereocenters. The second-order valence-corrected chi connectivity index (χ2v) is 12.5.